The molecule has 3 rings (SSSR count). The van der Waals surface area contributed by atoms with Crippen molar-refractivity contribution in [3.63, 3.8) is 0 Å². The van der Waals surface area contributed by atoms with E-state index in [1.54, 1.807) is 11.3 Å². The highest BCUT2D eigenvalue weighted by atomic mass is 127. The van der Waals surface area contributed by atoms with Crippen molar-refractivity contribution in [2.24, 2.45) is 4.99 Å². The molecular formula is C23H35FIN5S. The number of thiazole rings is 1. The summed E-state index contributed by atoms with van der Waals surface area (Å²) in [4.78, 5) is 11.6. The Kier molecular flexibility index (Phi) is 10.2. The fourth-order valence-electron chi connectivity index (χ4n) is 3.53. The summed E-state index contributed by atoms with van der Waals surface area (Å²) in [6, 6.07) is 7.24. The number of piperidine rings is 1. The standard InChI is InChI=1S/C23H34FN5S.HI/c1-23(2,3)20-16-30-21(28-20)9-12-26-22(25-4)27-19-10-13-29(14-11-19)15-17-5-7-18(24)8-6-17;/h5-8,16,19H,9-15H2,1-4H3,(H2,25,26,27);1H. The molecule has 5 nitrogen and oxygen atoms in total. The minimum Gasteiger partial charge on any atom is -0.356 e. The van der Waals surface area contributed by atoms with E-state index in [-0.39, 0.29) is 35.2 Å². The van der Waals surface area contributed by atoms with Gasteiger partial charge in [-0.3, -0.25) is 9.89 Å². The van der Waals surface area contributed by atoms with E-state index in [2.05, 4.69) is 46.7 Å². The van der Waals surface area contributed by atoms with Gasteiger partial charge in [-0.2, -0.15) is 0 Å². The molecule has 1 aliphatic rings. The van der Waals surface area contributed by atoms with Gasteiger partial charge in [0.2, 0.25) is 0 Å². The van der Waals surface area contributed by atoms with Gasteiger partial charge in [-0.05, 0) is 30.5 Å². The lowest BCUT2D eigenvalue weighted by Gasteiger charge is -2.33. The van der Waals surface area contributed by atoms with Crippen molar-refractivity contribution in [2.45, 2.75) is 58.0 Å². The van der Waals surface area contributed by atoms with Crippen LogP contribution in [-0.4, -0.2) is 48.6 Å². The molecule has 0 radical (unpaired) electrons. The minimum absolute atomic E-state index is 0. The van der Waals surface area contributed by atoms with Crippen LogP contribution in [0.5, 0.6) is 0 Å². The highest BCUT2D eigenvalue weighted by Gasteiger charge is 2.20. The number of likely N-dealkylation sites (tertiary alicyclic amines) is 1. The molecule has 1 aromatic carbocycles. The predicted octanol–water partition coefficient (Wildman–Crippen LogP) is 4.57. The summed E-state index contributed by atoms with van der Waals surface area (Å²) >= 11 is 1.74. The molecule has 1 fully saturated rings. The Morgan fingerprint density at radius 1 is 1.23 bits per heavy atom. The number of aliphatic imine (C=N–C) groups is 1. The van der Waals surface area contributed by atoms with Crippen LogP contribution in [0.15, 0.2) is 34.6 Å². The topological polar surface area (TPSA) is 52.6 Å². The Hall–Kier alpha value is -1.26. The first-order chi connectivity index (χ1) is 14.3. The molecule has 1 saturated heterocycles. The normalized spacial score (nSPS) is 16.1. The van der Waals surface area contributed by atoms with Gasteiger partial charge in [0.25, 0.3) is 0 Å². The van der Waals surface area contributed by atoms with Crippen molar-refractivity contribution in [1.29, 1.82) is 0 Å². The van der Waals surface area contributed by atoms with Crippen LogP contribution < -0.4 is 10.6 Å². The molecule has 8 heteroatoms. The smallest absolute Gasteiger partial charge is 0.191 e. The summed E-state index contributed by atoms with van der Waals surface area (Å²) < 4.78 is 13.1. The second kappa shape index (κ2) is 12.1. The lowest BCUT2D eigenvalue weighted by molar-refractivity contribution is 0.198. The van der Waals surface area contributed by atoms with Crippen molar-refractivity contribution in [3.8, 4) is 0 Å². The summed E-state index contributed by atoms with van der Waals surface area (Å²) in [7, 11) is 1.82. The zero-order valence-corrected chi connectivity index (χ0v) is 22.1. The first kappa shape index (κ1) is 26.0. The molecule has 0 atom stereocenters. The second-order valence-electron chi connectivity index (χ2n) is 8.95. The van der Waals surface area contributed by atoms with Gasteiger partial charge in [0.05, 0.1) is 10.7 Å². The van der Waals surface area contributed by atoms with E-state index < -0.39 is 0 Å². The molecule has 0 spiro atoms. The van der Waals surface area contributed by atoms with E-state index >= 15 is 0 Å². The van der Waals surface area contributed by atoms with Gasteiger partial charge < -0.3 is 10.6 Å². The average molecular weight is 560 g/mol. The maximum Gasteiger partial charge on any atom is 0.191 e. The Morgan fingerprint density at radius 2 is 1.90 bits per heavy atom. The molecule has 0 bridgehead atoms. The van der Waals surface area contributed by atoms with Crippen molar-refractivity contribution < 1.29 is 4.39 Å². The maximum atomic E-state index is 13.1. The third-order valence-corrected chi connectivity index (χ3v) is 6.33. The maximum absolute atomic E-state index is 13.1. The summed E-state index contributed by atoms with van der Waals surface area (Å²) in [6.07, 6.45) is 3.05. The van der Waals surface area contributed by atoms with Crippen LogP contribution in [0.2, 0.25) is 0 Å². The Labute approximate surface area is 207 Å². The fourth-order valence-corrected chi connectivity index (χ4v) is 4.55. The van der Waals surface area contributed by atoms with E-state index in [1.807, 2.05) is 19.2 Å². The van der Waals surface area contributed by atoms with Gasteiger partial charge in [0, 0.05) is 56.5 Å². The first-order valence-electron chi connectivity index (χ1n) is 10.7. The van der Waals surface area contributed by atoms with Crippen molar-refractivity contribution in [1.82, 2.24) is 20.5 Å². The molecule has 0 saturated carbocycles. The Balaban J connectivity index is 0.00000341. The van der Waals surface area contributed by atoms with Crippen LogP contribution >= 0.6 is 35.3 Å². The van der Waals surface area contributed by atoms with E-state index in [0.717, 1.165) is 67.7 Å². The number of benzene rings is 1. The molecule has 0 aliphatic carbocycles. The van der Waals surface area contributed by atoms with E-state index in [0.29, 0.717) is 6.04 Å². The van der Waals surface area contributed by atoms with E-state index in [1.165, 1.54) is 12.1 Å². The molecule has 1 aliphatic heterocycles. The van der Waals surface area contributed by atoms with E-state index in [9.17, 15) is 4.39 Å². The predicted molar refractivity (Wildman–Crippen MR) is 139 cm³/mol. The number of guanidine groups is 1. The van der Waals surface area contributed by atoms with Gasteiger partial charge in [-0.1, -0.05) is 32.9 Å². The number of nitrogens with zero attached hydrogens (tertiary/aromatic N) is 3. The quantitative estimate of drug-likeness (QED) is 0.310. The molecule has 2 N–H and O–H groups in total. The third-order valence-electron chi connectivity index (χ3n) is 5.42. The highest BCUT2D eigenvalue weighted by Crippen LogP contribution is 2.23. The van der Waals surface area contributed by atoms with Gasteiger partial charge >= 0.3 is 0 Å². The molecule has 0 amide bonds. The highest BCUT2D eigenvalue weighted by molar-refractivity contribution is 14.0. The monoisotopic (exact) mass is 559 g/mol. The fraction of sp³-hybridized carbons (Fsp3) is 0.565. The van der Waals surface area contributed by atoms with Crippen molar-refractivity contribution in [2.75, 3.05) is 26.7 Å². The molecule has 2 heterocycles. The van der Waals surface area contributed by atoms with Crippen molar-refractivity contribution in [3.05, 3.63) is 51.7 Å². The number of halogens is 2. The lowest BCUT2D eigenvalue weighted by Crippen LogP contribution is -2.48. The Bertz CT molecular complexity index is 823. The molecule has 172 valence electrons. The van der Waals surface area contributed by atoms with Crippen LogP contribution in [0.25, 0.3) is 0 Å². The number of nitrogens with one attached hydrogen (secondary N) is 2. The van der Waals surface area contributed by atoms with Gasteiger partial charge in [-0.15, -0.1) is 35.3 Å². The van der Waals surface area contributed by atoms with Crippen LogP contribution in [0.3, 0.4) is 0 Å². The number of hydrogen-bond acceptors (Lipinski definition) is 4. The summed E-state index contributed by atoms with van der Waals surface area (Å²) in [5, 5.41) is 10.3. The van der Waals surface area contributed by atoms with Crippen LogP contribution in [0.4, 0.5) is 4.39 Å². The largest absolute Gasteiger partial charge is 0.356 e. The Morgan fingerprint density at radius 3 is 2.48 bits per heavy atom. The lowest BCUT2D eigenvalue weighted by atomic mass is 9.93. The van der Waals surface area contributed by atoms with Crippen LogP contribution in [-0.2, 0) is 18.4 Å². The van der Waals surface area contributed by atoms with Gasteiger partial charge in [-0.25, -0.2) is 9.37 Å². The number of rotatable bonds is 6. The SMILES string of the molecule is CN=C(NCCc1nc(C(C)(C)C)cs1)NC1CCN(Cc2ccc(F)cc2)CC1.I. The molecule has 31 heavy (non-hydrogen) atoms. The molecule has 0 unspecified atom stereocenters. The van der Waals surface area contributed by atoms with E-state index in [4.69, 9.17) is 4.98 Å². The zero-order valence-electron chi connectivity index (χ0n) is 18.9. The summed E-state index contributed by atoms with van der Waals surface area (Å²) in [5.41, 5.74) is 2.43. The van der Waals surface area contributed by atoms with Crippen LogP contribution in [0, 0.1) is 5.82 Å². The third kappa shape index (κ3) is 8.31. The molecular weight excluding hydrogens is 524 g/mol. The second-order valence-corrected chi connectivity index (χ2v) is 9.89. The van der Waals surface area contributed by atoms with Crippen molar-refractivity contribution >= 4 is 41.3 Å². The molecule has 2 aromatic rings. The summed E-state index contributed by atoms with van der Waals surface area (Å²) in [5.74, 6) is 0.685. The van der Waals surface area contributed by atoms with Crippen LogP contribution in [0.1, 0.15) is 49.9 Å². The zero-order chi connectivity index (χ0) is 21.6. The number of aromatic nitrogens is 1. The minimum atomic E-state index is -0.176. The average Bonchev–Trinajstić information content (AvgIpc) is 3.20. The first-order valence-corrected chi connectivity index (χ1v) is 11.6. The number of hydrogen-bond donors (Lipinski definition) is 2. The van der Waals surface area contributed by atoms with Gasteiger partial charge in [0.1, 0.15) is 5.82 Å². The van der Waals surface area contributed by atoms with Gasteiger partial charge in [0.15, 0.2) is 5.96 Å². The summed E-state index contributed by atoms with van der Waals surface area (Å²) in [6.45, 7) is 10.3. The molecule has 1 aromatic heterocycles.